The summed E-state index contributed by atoms with van der Waals surface area (Å²) in [5.41, 5.74) is 5.86. The highest BCUT2D eigenvalue weighted by atomic mass is 35.5. The van der Waals surface area contributed by atoms with Crippen molar-refractivity contribution in [3.8, 4) is 0 Å². The average Bonchev–Trinajstić information content (AvgIpc) is 2.58. The second-order valence-corrected chi connectivity index (χ2v) is 6.05. The number of thiocarbonyl (C=S) groups is 1. The molecule has 0 aliphatic carbocycles. The van der Waals surface area contributed by atoms with E-state index in [-0.39, 0.29) is 11.7 Å². The molecule has 6 nitrogen and oxygen atoms in total. The molecule has 0 spiro atoms. The third-order valence-electron chi connectivity index (χ3n) is 2.93. The van der Waals surface area contributed by atoms with Crippen molar-refractivity contribution in [1.82, 2.24) is 16.2 Å². The Bertz CT molecular complexity index is 801. The summed E-state index contributed by atoms with van der Waals surface area (Å²) >= 11 is 16.8. The van der Waals surface area contributed by atoms with E-state index >= 15 is 0 Å². The maximum absolute atomic E-state index is 11.9. The molecule has 0 aliphatic rings. The number of nitrogens with one attached hydrogen (secondary N) is 4. The van der Waals surface area contributed by atoms with Crippen LogP contribution in [0.1, 0.15) is 10.4 Å². The first kappa shape index (κ1) is 19.0. The van der Waals surface area contributed by atoms with E-state index in [1.807, 2.05) is 0 Å². The van der Waals surface area contributed by atoms with Crippen molar-refractivity contribution in [1.29, 1.82) is 0 Å². The van der Waals surface area contributed by atoms with E-state index in [2.05, 4.69) is 21.5 Å². The molecule has 0 fully saturated rings. The lowest BCUT2D eigenvalue weighted by molar-refractivity contribution is -0.120. The molecule has 2 aromatic carbocycles. The molecule has 25 heavy (non-hydrogen) atoms. The Morgan fingerprint density at radius 1 is 1.00 bits per heavy atom. The molecular formula is C16H14Cl2N4O2S. The van der Waals surface area contributed by atoms with Gasteiger partial charge in [0.15, 0.2) is 5.11 Å². The maximum atomic E-state index is 11.9. The zero-order valence-electron chi connectivity index (χ0n) is 12.8. The monoisotopic (exact) mass is 396 g/mol. The van der Waals surface area contributed by atoms with E-state index in [1.54, 1.807) is 48.5 Å². The first-order chi connectivity index (χ1) is 12.0. The van der Waals surface area contributed by atoms with Crippen LogP contribution in [0.4, 0.5) is 5.69 Å². The Morgan fingerprint density at radius 2 is 1.76 bits per heavy atom. The second-order valence-electron chi connectivity index (χ2n) is 4.80. The second kappa shape index (κ2) is 9.22. The van der Waals surface area contributed by atoms with Crippen molar-refractivity contribution in [3.63, 3.8) is 0 Å². The lowest BCUT2D eigenvalue weighted by atomic mass is 10.2. The summed E-state index contributed by atoms with van der Waals surface area (Å²) in [4.78, 5) is 23.7. The van der Waals surface area contributed by atoms with Gasteiger partial charge in [-0.1, -0.05) is 41.4 Å². The number of carbonyl (C=O) groups is 2. The van der Waals surface area contributed by atoms with Gasteiger partial charge in [-0.25, -0.2) is 0 Å². The molecule has 0 atom stereocenters. The first-order valence-corrected chi connectivity index (χ1v) is 8.26. The number of benzene rings is 2. The number of hydrogen-bond acceptors (Lipinski definition) is 3. The van der Waals surface area contributed by atoms with Gasteiger partial charge in [-0.2, -0.15) is 0 Å². The SMILES string of the molecule is O=C(CNC(=O)c1ccccc1Cl)NNC(=S)Nc1cccc(Cl)c1. The van der Waals surface area contributed by atoms with Gasteiger partial charge in [0.25, 0.3) is 11.8 Å². The van der Waals surface area contributed by atoms with Crippen LogP contribution in [0.25, 0.3) is 0 Å². The van der Waals surface area contributed by atoms with Gasteiger partial charge < -0.3 is 10.6 Å². The van der Waals surface area contributed by atoms with Crippen molar-refractivity contribution < 1.29 is 9.59 Å². The third kappa shape index (κ3) is 6.22. The number of carbonyl (C=O) groups excluding carboxylic acids is 2. The van der Waals surface area contributed by atoms with Gasteiger partial charge >= 0.3 is 0 Å². The highest BCUT2D eigenvalue weighted by Gasteiger charge is 2.11. The molecule has 4 N–H and O–H groups in total. The van der Waals surface area contributed by atoms with Gasteiger partial charge in [-0.3, -0.25) is 20.4 Å². The minimum Gasteiger partial charge on any atom is -0.343 e. The minimum atomic E-state index is -0.476. The lowest BCUT2D eigenvalue weighted by Crippen LogP contribution is -2.47. The van der Waals surface area contributed by atoms with E-state index in [9.17, 15) is 9.59 Å². The molecule has 0 bridgehead atoms. The van der Waals surface area contributed by atoms with Crippen molar-refractivity contribution in [2.24, 2.45) is 0 Å². The fraction of sp³-hybridized carbons (Fsp3) is 0.0625. The summed E-state index contributed by atoms with van der Waals surface area (Å²) in [6.07, 6.45) is 0. The van der Waals surface area contributed by atoms with Crippen molar-refractivity contribution in [2.75, 3.05) is 11.9 Å². The normalized spacial score (nSPS) is 9.84. The van der Waals surface area contributed by atoms with Crippen LogP contribution in [0.15, 0.2) is 48.5 Å². The van der Waals surface area contributed by atoms with E-state index in [0.717, 1.165) is 0 Å². The van der Waals surface area contributed by atoms with Crippen molar-refractivity contribution in [2.45, 2.75) is 0 Å². The standard InChI is InChI=1S/C16H14Cl2N4O2S/c17-10-4-3-5-11(8-10)20-16(25)22-21-14(23)9-19-15(24)12-6-1-2-7-13(12)18/h1-8H,9H2,(H,19,24)(H,21,23)(H2,20,22,25). The fourth-order valence-corrected chi connectivity index (χ4v) is 2.38. The number of anilines is 1. The molecule has 0 saturated carbocycles. The van der Waals surface area contributed by atoms with Gasteiger partial charge in [0.05, 0.1) is 17.1 Å². The number of amides is 2. The smallest absolute Gasteiger partial charge is 0.257 e. The van der Waals surface area contributed by atoms with Crippen LogP contribution in [-0.4, -0.2) is 23.5 Å². The highest BCUT2D eigenvalue weighted by molar-refractivity contribution is 7.80. The molecular weight excluding hydrogens is 383 g/mol. The fourth-order valence-electron chi connectivity index (χ4n) is 1.80. The number of halogens is 2. The molecule has 130 valence electrons. The molecule has 9 heteroatoms. The zero-order chi connectivity index (χ0) is 18.2. The van der Waals surface area contributed by atoms with Crippen LogP contribution >= 0.6 is 35.4 Å². The van der Waals surface area contributed by atoms with E-state index in [4.69, 9.17) is 35.4 Å². The topological polar surface area (TPSA) is 82.3 Å². The molecule has 2 rings (SSSR count). The maximum Gasteiger partial charge on any atom is 0.257 e. The average molecular weight is 397 g/mol. The van der Waals surface area contributed by atoms with Crippen LogP contribution in [0, 0.1) is 0 Å². The summed E-state index contributed by atoms with van der Waals surface area (Å²) in [6.45, 7) is -0.239. The largest absolute Gasteiger partial charge is 0.343 e. The van der Waals surface area contributed by atoms with Gasteiger partial charge in [-0.05, 0) is 42.5 Å². The summed E-state index contributed by atoms with van der Waals surface area (Å²) in [5, 5.41) is 6.36. The van der Waals surface area contributed by atoms with E-state index in [0.29, 0.717) is 21.3 Å². The van der Waals surface area contributed by atoms with Crippen molar-refractivity contribution >= 4 is 58.0 Å². The minimum absolute atomic E-state index is 0.174. The Kier molecular flexibility index (Phi) is 7.00. The first-order valence-electron chi connectivity index (χ1n) is 7.10. The van der Waals surface area contributed by atoms with Gasteiger partial charge in [-0.15, -0.1) is 0 Å². The van der Waals surface area contributed by atoms with Crippen LogP contribution < -0.4 is 21.5 Å². The van der Waals surface area contributed by atoms with Crippen LogP contribution in [0.5, 0.6) is 0 Å². The Balaban J connectivity index is 1.74. The van der Waals surface area contributed by atoms with Gasteiger partial charge in [0.2, 0.25) is 0 Å². The third-order valence-corrected chi connectivity index (χ3v) is 3.69. The molecule has 0 aromatic heterocycles. The van der Waals surface area contributed by atoms with Gasteiger partial charge in [0, 0.05) is 10.7 Å². The van der Waals surface area contributed by atoms with Crippen LogP contribution in [0.2, 0.25) is 10.0 Å². The summed E-state index contributed by atoms with van der Waals surface area (Å²) in [6, 6.07) is 13.5. The summed E-state index contributed by atoms with van der Waals surface area (Å²) in [7, 11) is 0. The van der Waals surface area contributed by atoms with E-state index < -0.39 is 11.8 Å². The number of hydrazine groups is 1. The quantitative estimate of drug-likeness (QED) is 0.471. The molecule has 0 unspecified atom stereocenters. The summed E-state index contributed by atoms with van der Waals surface area (Å²) < 4.78 is 0. The highest BCUT2D eigenvalue weighted by Crippen LogP contribution is 2.15. The Hall–Kier alpha value is -2.35. The predicted molar refractivity (Wildman–Crippen MR) is 103 cm³/mol. The number of rotatable bonds is 4. The Labute approximate surface area is 159 Å². The number of hydrogen-bond donors (Lipinski definition) is 4. The molecule has 2 amide bonds. The Morgan fingerprint density at radius 3 is 2.48 bits per heavy atom. The lowest BCUT2D eigenvalue weighted by Gasteiger charge is -2.12. The van der Waals surface area contributed by atoms with Gasteiger partial charge in [0.1, 0.15) is 0 Å². The summed E-state index contributed by atoms with van der Waals surface area (Å²) in [5.74, 6) is -0.920. The zero-order valence-corrected chi connectivity index (χ0v) is 15.1. The van der Waals surface area contributed by atoms with Crippen LogP contribution in [0.3, 0.4) is 0 Å². The predicted octanol–water partition coefficient (Wildman–Crippen LogP) is 2.74. The molecule has 0 saturated heterocycles. The molecule has 0 radical (unpaired) electrons. The molecule has 0 heterocycles. The van der Waals surface area contributed by atoms with E-state index in [1.165, 1.54) is 0 Å². The van der Waals surface area contributed by atoms with Crippen molar-refractivity contribution in [3.05, 3.63) is 64.1 Å². The van der Waals surface area contributed by atoms with Crippen LogP contribution in [-0.2, 0) is 4.79 Å². The molecule has 0 aliphatic heterocycles. The molecule has 2 aromatic rings.